The Morgan fingerprint density at radius 1 is 1.45 bits per heavy atom. The molecule has 2 aliphatic rings. The predicted molar refractivity (Wildman–Crippen MR) is 44.1 cm³/mol. The highest BCUT2D eigenvalue weighted by Gasteiger charge is 2.29. The first-order chi connectivity index (χ1) is 5.42. The van der Waals surface area contributed by atoms with Gasteiger partial charge in [0.25, 0.3) is 0 Å². The van der Waals surface area contributed by atoms with Gasteiger partial charge in [0.05, 0.1) is 0 Å². The molecule has 1 saturated carbocycles. The van der Waals surface area contributed by atoms with E-state index < -0.39 is 0 Å². The van der Waals surface area contributed by atoms with Gasteiger partial charge in [-0.3, -0.25) is 4.79 Å². The molecule has 1 nitrogen and oxygen atoms in total. The van der Waals surface area contributed by atoms with Gasteiger partial charge in [-0.15, -0.1) is 0 Å². The average Bonchev–Trinajstić information content (AvgIpc) is 2.50. The van der Waals surface area contributed by atoms with Crippen LogP contribution in [0, 0.1) is 11.8 Å². The molecular formula is C10H12O. The monoisotopic (exact) mass is 148 g/mol. The molecule has 2 atom stereocenters. The lowest BCUT2D eigenvalue weighted by Gasteiger charge is -2.18. The molecular weight excluding hydrogens is 136 g/mol. The zero-order chi connectivity index (χ0) is 7.68. The van der Waals surface area contributed by atoms with Gasteiger partial charge in [0, 0.05) is 0 Å². The number of aldehydes is 1. The van der Waals surface area contributed by atoms with Gasteiger partial charge in [-0.1, -0.05) is 24.6 Å². The van der Waals surface area contributed by atoms with Crippen LogP contribution in [0.2, 0.25) is 0 Å². The molecule has 0 aromatic heterocycles. The van der Waals surface area contributed by atoms with Gasteiger partial charge < -0.3 is 0 Å². The van der Waals surface area contributed by atoms with E-state index in [-0.39, 0.29) is 0 Å². The molecule has 2 rings (SSSR count). The second-order valence-corrected chi connectivity index (χ2v) is 3.37. The molecule has 0 N–H and O–H groups in total. The second kappa shape index (κ2) is 2.65. The van der Waals surface area contributed by atoms with E-state index in [2.05, 4.69) is 6.08 Å². The van der Waals surface area contributed by atoms with Gasteiger partial charge in [-0.05, 0) is 30.3 Å². The van der Waals surface area contributed by atoms with E-state index in [4.69, 9.17) is 0 Å². The van der Waals surface area contributed by atoms with Crippen LogP contribution in [-0.2, 0) is 4.79 Å². The highest BCUT2D eigenvalue weighted by molar-refractivity contribution is 5.75. The van der Waals surface area contributed by atoms with Crippen molar-refractivity contribution < 1.29 is 4.79 Å². The predicted octanol–water partition coefficient (Wildman–Crippen LogP) is 2.10. The second-order valence-electron chi connectivity index (χ2n) is 3.37. The third-order valence-electron chi connectivity index (χ3n) is 2.78. The van der Waals surface area contributed by atoms with Crippen LogP contribution in [-0.4, -0.2) is 6.29 Å². The quantitative estimate of drug-likeness (QED) is 0.520. The topological polar surface area (TPSA) is 17.1 Å². The summed E-state index contributed by atoms with van der Waals surface area (Å²) < 4.78 is 0. The molecule has 2 aliphatic carbocycles. The molecule has 0 aromatic rings. The summed E-state index contributed by atoms with van der Waals surface area (Å²) in [5.74, 6) is 1.22. The fourth-order valence-electron chi connectivity index (χ4n) is 2.19. The number of fused-ring (bicyclic) bond motifs is 1. The number of hydrogen-bond donors (Lipinski definition) is 0. The van der Waals surface area contributed by atoms with Crippen molar-refractivity contribution in [3.8, 4) is 0 Å². The first-order valence-corrected chi connectivity index (χ1v) is 4.25. The third kappa shape index (κ3) is 1.05. The molecule has 0 heterocycles. The number of hydrogen-bond acceptors (Lipinski definition) is 1. The third-order valence-corrected chi connectivity index (χ3v) is 2.78. The zero-order valence-electron chi connectivity index (χ0n) is 6.49. The lowest BCUT2D eigenvalue weighted by molar-refractivity contribution is -0.105. The number of carbonyl (C=O) groups is 1. The maximum Gasteiger partial charge on any atom is 0.146 e. The minimum absolute atomic E-state index is 0.553. The summed E-state index contributed by atoms with van der Waals surface area (Å²) >= 11 is 0. The summed E-state index contributed by atoms with van der Waals surface area (Å²) in [4.78, 5) is 10.6. The van der Waals surface area contributed by atoms with E-state index in [1.54, 1.807) is 0 Å². The Labute approximate surface area is 66.8 Å². The maximum atomic E-state index is 10.6. The summed E-state index contributed by atoms with van der Waals surface area (Å²) in [7, 11) is 0. The van der Waals surface area contributed by atoms with Gasteiger partial charge in [0.2, 0.25) is 0 Å². The first-order valence-electron chi connectivity index (χ1n) is 4.25. The molecule has 11 heavy (non-hydrogen) atoms. The van der Waals surface area contributed by atoms with Crippen LogP contribution < -0.4 is 0 Å². The minimum Gasteiger partial charge on any atom is -0.298 e. The van der Waals surface area contributed by atoms with Crippen molar-refractivity contribution >= 4 is 6.29 Å². The molecule has 0 radical (unpaired) electrons. The number of rotatable bonds is 1. The largest absolute Gasteiger partial charge is 0.298 e. The number of carbonyl (C=O) groups excluding carboxylic acids is 1. The van der Waals surface area contributed by atoms with E-state index in [1.807, 2.05) is 12.2 Å². The Bertz CT molecular complexity index is 225. The lowest BCUT2D eigenvalue weighted by Crippen LogP contribution is -2.11. The van der Waals surface area contributed by atoms with Gasteiger partial charge >= 0.3 is 0 Å². The van der Waals surface area contributed by atoms with E-state index in [0.29, 0.717) is 11.8 Å². The van der Waals surface area contributed by atoms with Crippen LogP contribution in [0.5, 0.6) is 0 Å². The Morgan fingerprint density at radius 2 is 2.36 bits per heavy atom. The van der Waals surface area contributed by atoms with Crippen LogP contribution in [0.1, 0.15) is 19.3 Å². The standard InChI is InChI=1S/C10H12O/c11-7-9-5-1-3-8-4-2-6-10(8)9/h1,3,5,7-8,10H,2,4,6H2/t8-,10-/m0/s1. The van der Waals surface area contributed by atoms with E-state index >= 15 is 0 Å². The first kappa shape index (κ1) is 6.84. The smallest absolute Gasteiger partial charge is 0.146 e. The Balaban J connectivity index is 2.26. The molecule has 1 fully saturated rings. The van der Waals surface area contributed by atoms with Crippen LogP contribution in [0.15, 0.2) is 23.8 Å². The van der Waals surface area contributed by atoms with Crippen molar-refractivity contribution in [2.45, 2.75) is 19.3 Å². The van der Waals surface area contributed by atoms with Gasteiger partial charge in [0.15, 0.2) is 0 Å². The summed E-state index contributed by atoms with van der Waals surface area (Å²) in [5.41, 5.74) is 1.01. The van der Waals surface area contributed by atoms with Crippen LogP contribution >= 0.6 is 0 Å². The molecule has 0 aromatic carbocycles. The fraction of sp³-hybridized carbons (Fsp3) is 0.500. The Hall–Kier alpha value is -0.850. The molecule has 0 bridgehead atoms. The summed E-state index contributed by atoms with van der Waals surface area (Å²) in [6.45, 7) is 0. The maximum absolute atomic E-state index is 10.6. The zero-order valence-corrected chi connectivity index (χ0v) is 6.49. The molecule has 0 aliphatic heterocycles. The number of allylic oxidation sites excluding steroid dienone is 4. The SMILES string of the molecule is O=CC1=CC=C[C@H]2CCC[C@H]12. The molecule has 0 spiro atoms. The molecule has 0 amide bonds. The summed E-state index contributed by atoms with van der Waals surface area (Å²) in [5, 5.41) is 0. The van der Waals surface area contributed by atoms with Crippen LogP contribution in [0.4, 0.5) is 0 Å². The van der Waals surface area contributed by atoms with E-state index in [1.165, 1.54) is 19.3 Å². The molecule has 1 heteroatoms. The van der Waals surface area contributed by atoms with Crippen molar-refractivity contribution in [1.82, 2.24) is 0 Å². The van der Waals surface area contributed by atoms with Crippen molar-refractivity contribution in [2.24, 2.45) is 11.8 Å². The van der Waals surface area contributed by atoms with Crippen LogP contribution in [0.25, 0.3) is 0 Å². The normalized spacial score (nSPS) is 34.7. The van der Waals surface area contributed by atoms with Gasteiger partial charge in [-0.25, -0.2) is 0 Å². The van der Waals surface area contributed by atoms with E-state index in [9.17, 15) is 4.79 Å². The van der Waals surface area contributed by atoms with Crippen molar-refractivity contribution in [3.05, 3.63) is 23.8 Å². The van der Waals surface area contributed by atoms with Crippen molar-refractivity contribution in [3.63, 3.8) is 0 Å². The Morgan fingerprint density at radius 3 is 3.18 bits per heavy atom. The average molecular weight is 148 g/mol. The highest BCUT2D eigenvalue weighted by Crippen LogP contribution is 2.38. The van der Waals surface area contributed by atoms with Gasteiger partial charge in [-0.2, -0.15) is 0 Å². The summed E-state index contributed by atoms with van der Waals surface area (Å²) in [6, 6.07) is 0. The fourth-order valence-corrected chi connectivity index (χ4v) is 2.19. The summed E-state index contributed by atoms with van der Waals surface area (Å²) in [6.07, 6.45) is 11.0. The highest BCUT2D eigenvalue weighted by atomic mass is 16.1. The molecule has 0 unspecified atom stereocenters. The van der Waals surface area contributed by atoms with Crippen molar-refractivity contribution in [1.29, 1.82) is 0 Å². The van der Waals surface area contributed by atoms with Crippen molar-refractivity contribution in [2.75, 3.05) is 0 Å². The van der Waals surface area contributed by atoms with E-state index in [0.717, 1.165) is 11.9 Å². The Kier molecular flexibility index (Phi) is 1.65. The molecule has 0 saturated heterocycles. The van der Waals surface area contributed by atoms with Crippen LogP contribution in [0.3, 0.4) is 0 Å². The molecule has 58 valence electrons. The minimum atomic E-state index is 0.553. The lowest BCUT2D eigenvalue weighted by atomic mass is 9.85. The van der Waals surface area contributed by atoms with Gasteiger partial charge in [0.1, 0.15) is 6.29 Å².